The maximum absolute atomic E-state index is 11.8. The Bertz CT molecular complexity index is 1110. The Morgan fingerprint density at radius 1 is 1.16 bits per heavy atom. The number of fused-ring (bicyclic) bond motifs is 1. The monoisotopic (exact) mass is 458 g/mol. The van der Waals surface area contributed by atoms with Gasteiger partial charge in [0.15, 0.2) is 0 Å². The molecule has 32 heavy (non-hydrogen) atoms. The zero-order chi connectivity index (χ0) is 23.1. The van der Waals surface area contributed by atoms with Gasteiger partial charge in [0.25, 0.3) is 0 Å². The molecular weight excluding hydrogens is 427 g/mol. The molecule has 0 saturated heterocycles. The second-order valence-electron chi connectivity index (χ2n) is 7.65. The van der Waals surface area contributed by atoms with E-state index in [1.54, 1.807) is 6.92 Å². The molecule has 1 atom stereocenters. The van der Waals surface area contributed by atoms with Crippen LogP contribution in [0.3, 0.4) is 0 Å². The maximum atomic E-state index is 11.8. The molecule has 0 bridgehead atoms. The summed E-state index contributed by atoms with van der Waals surface area (Å²) in [6.07, 6.45) is 1.97. The summed E-state index contributed by atoms with van der Waals surface area (Å²) < 4.78 is 24.5. The van der Waals surface area contributed by atoms with Crippen molar-refractivity contribution >= 4 is 24.4 Å². The summed E-state index contributed by atoms with van der Waals surface area (Å²) in [5.74, 6) is 0.239. The first-order chi connectivity index (χ1) is 15.3. The van der Waals surface area contributed by atoms with Gasteiger partial charge in [-0.25, -0.2) is 0 Å². The predicted octanol–water partition coefficient (Wildman–Crippen LogP) is 4.27. The number of benzene rings is 2. The van der Waals surface area contributed by atoms with Gasteiger partial charge in [-0.15, -0.1) is 0 Å². The summed E-state index contributed by atoms with van der Waals surface area (Å²) >= 11 is 0. The first kappa shape index (κ1) is 24.1. The van der Waals surface area contributed by atoms with Gasteiger partial charge in [0.2, 0.25) is 5.91 Å². The van der Waals surface area contributed by atoms with E-state index >= 15 is 0 Å². The molecule has 2 aromatic carbocycles. The number of hydrogen-bond acceptors (Lipinski definition) is 4. The Kier molecular flexibility index (Phi) is 8.13. The van der Waals surface area contributed by atoms with Crippen molar-refractivity contribution in [1.82, 2.24) is 4.57 Å². The molecule has 3 rings (SSSR count). The standard InChI is InChI=1S/C24H31N2O5P/c1-3-22-21(15-18-9-6-5-7-10-18)20-12-11-19(16-23(20)26(22)17-24(25)27)30-13-8-14-32(28,29)31-4-2/h5-7,9-12,16H,3-4,8,13-15,17H2,1-2H3,(H2,25,27)(H,28,29). The van der Waals surface area contributed by atoms with Crippen molar-refractivity contribution in [3.8, 4) is 5.75 Å². The topological polar surface area (TPSA) is 104 Å². The summed E-state index contributed by atoms with van der Waals surface area (Å²) in [5.41, 5.74) is 9.90. The minimum absolute atomic E-state index is 0.0440. The number of rotatable bonds is 12. The molecule has 0 aliphatic heterocycles. The molecule has 0 saturated carbocycles. The second-order valence-corrected chi connectivity index (χ2v) is 9.63. The molecule has 1 amide bonds. The van der Waals surface area contributed by atoms with E-state index in [1.165, 1.54) is 11.1 Å². The lowest BCUT2D eigenvalue weighted by molar-refractivity contribution is -0.118. The minimum atomic E-state index is -3.55. The largest absolute Gasteiger partial charge is 0.494 e. The first-order valence-electron chi connectivity index (χ1n) is 10.9. The van der Waals surface area contributed by atoms with E-state index in [0.717, 1.165) is 29.4 Å². The summed E-state index contributed by atoms with van der Waals surface area (Å²) in [6, 6.07) is 16.0. The van der Waals surface area contributed by atoms with E-state index in [9.17, 15) is 14.3 Å². The Balaban J connectivity index is 1.88. The lowest BCUT2D eigenvalue weighted by atomic mass is 10.0. The molecule has 0 radical (unpaired) electrons. The van der Waals surface area contributed by atoms with Crippen LogP contribution in [0.25, 0.3) is 10.9 Å². The van der Waals surface area contributed by atoms with Gasteiger partial charge in [-0.3, -0.25) is 9.36 Å². The highest BCUT2D eigenvalue weighted by atomic mass is 31.2. The zero-order valence-corrected chi connectivity index (χ0v) is 19.5. The van der Waals surface area contributed by atoms with Crippen LogP contribution in [0.1, 0.15) is 37.1 Å². The number of primary amides is 1. The summed E-state index contributed by atoms with van der Waals surface area (Å²) in [6.45, 7) is 4.35. The third-order valence-electron chi connectivity index (χ3n) is 5.32. The van der Waals surface area contributed by atoms with E-state index in [0.29, 0.717) is 12.2 Å². The van der Waals surface area contributed by atoms with Gasteiger partial charge < -0.3 is 24.5 Å². The third-order valence-corrected chi connectivity index (χ3v) is 6.86. The van der Waals surface area contributed by atoms with Crippen molar-refractivity contribution in [3.05, 3.63) is 65.4 Å². The van der Waals surface area contributed by atoms with E-state index in [4.69, 9.17) is 15.0 Å². The number of aromatic nitrogens is 1. The van der Waals surface area contributed by atoms with Crippen LogP contribution in [0, 0.1) is 0 Å². The van der Waals surface area contributed by atoms with Gasteiger partial charge in [0.1, 0.15) is 12.3 Å². The van der Waals surface area contributed by atoms with Crippen LogP contribution < -0.4 is 10.5 Å². The number of hydrogen-bond donors (Lipinski definition) is 2. The second kappa shape index (κ2) is 10.8. The molecule has 1 heterocycles. The van der Waals surface area contributed by atoms with Crippen LogP contribution in [-0.4, -0.2) is 34.7 Å². The molecule has 0 aliphatic rings. The van der Waals surface area contributed by atoms with Crippen molar-refractivity contribution in [2.75, 3.05) is 19.4 Å². The van der Waals surface area contributed by atoms with E-state index in [-0.39, 0.29) is 25.9 Å². The average molecular weight is 458 g/mol. The van der Waals surface area contributed by atoms with Crippen molar-refractivity contribution < 1.29 is 23.5 Å². The van der Waals surface area contributed by atoms with Crippen LogP contribution in [0.5, 0.6) is 5.75 Å². The van der Waals surface area contributed by atoms with Crippen molar-refractivity contribution in [2.24, 2.45) is 5.73 Å². The van der Waals surface area contributed by atoms with Crippen molar-refractivity contribution in [3.63, 3.8) is 0 Å². The van der Waals surface area contributed by atoms with Crippen LogP contribution in [0.2, 0.25) is 0 Å². The molecule has 172 valence electrons. The molecule has 0 spiro atoms. The smallest absolute Gasteiger partial charge is 0.328 e. The number of carbonyl (C=O) groups is 1. The molecule has 0 aliphatic carbocycles. The Labute approximate surface area is 188 Å². The molecule has 8 heteroatoms. The molecule has 0 fully saturated rings. The van der Waals surface area contributed by atoms with Gasteiger partial charge in [0.05, 0.1) is 24.9 Å². The van der Waals surface area contributed by atoms with Crippen LogP contribution >= 0.6 is 7.60 Å². The quantitative estimate of drug-likeness (QED) is 0.312. The van der Waals surface area contributed by atoms with Gasteiger partial charge in [-0.05, 0) is 49.4 Å². The summed E-state index contributed by atoms with van der Waals surface area (Å²) in [7, 11) is -3.55. The molecular formula is C24H31N2O5P. The third kappa shape index (κ3) is 6.00. The van der Waals surface area contributed by atoms with Gasteiger partial charge in [-0.1, -0.05) is 37.3 Å². The van der Waals surface area contributed by atoms with E-state index in [1.807, 2.05) is 41.0 Å². The lowest BCUT2D eigenvalue weighted by Crippen LogP contribution is -2.20. The molecule has 7 nitrogen and oxygen atoms in total. The van der Waals surface area contributed by atoms with E-state index < -0.39 is 13.5 Å². The SMILES string of the molecule is CCOP(=O)(O)CCCOc1ccc2c(Cc3ccccc3)c(CC)n(CC(N)=O)c2c1. The van der Waals surface area contributed by atoms with Crippen LogP contribution in [0.4, 0.5) is 0 Å². The van der Waals surface area contributed by atoms with E-state index in [2.05, 4.69) is 19.1 Å². The van der Waals surface area contributed by atoms with Crippen LogP contribution in [-0.2, 0) is 33.3 Å². The molecule has 1 aromatic heterocycles. The lowest BCUT2D eigenvalue weighted by Gasteiger charge is -2.12. The number of ether oxygens (including phenoxy) is 1. The van der Waals surface area contributed by atoms with Crippen LogP contribution in [0.15, 0.2) is 48.5 Å². The number of carbonyl (C=O) groups excluding carboxylic acids is 1. The van der Waals surface area contributed by atoms with Crippen molar-refractivity contribution in [2.45, 2.75) is 39.7 Å². The minimum Gasteiger partial charge on any atom is -0.494 e. The average Bonchev–Trinajstić information content (AvgIpc) is 3.03. The fourth-order valence-electron chi connectivity index (χ4n) is 4.00. The molecule has 3 N–H and O–H groups in total. The van der Waals surface area contributed by atoms with Gasteiger partial charge in [-0.2, -0.15) is 0 Å². The summed E-state index contributed by atoms with van der Waals surface area (Å²) in [5, 5.41) is 1.07. The fourth-order valence-corrected chi connectivity index (χ4v) is 5.06. The Hall–Kier alpha value is -2.60. The van der Waals surface area contributed by atoms with Gasteiger partial charge >= 0.3 is 7.60 Å². The zero-order valence-electron chi connectivity index (χ0n) is 18.6. The highest BCUT2D eigenvalue weighted by molar-refractivity contribution is 7.52. The predicted molar refractivity (Wildman–Crippen MR) is 126 cm³/mol. The summed E-state index contributed by atoms with van der Waals surface area (Å²) in [4.78, 5) is 21.5. The van der Waals surface area contributed by atoms with Gasteiger partial charge in [0, 0.05) is 17.1 Å². The van der Waals surface area contributed by atoms with Crippen molar-refractivity contribution in [1.29, 1.82) is 0 Å². The Morgan fingerprint density at radius 3 is 2.56 bits per heavy atom. The Morgan fingerprint density at radius 2 is 1.91 bits per heavy atom. The number of amides is 1. The normalized spacial score (nSPS) is 13.2. The fraction of sp³-hybridized carbons (Fsp3) is 0.375. The highest BCUT2D eigenvalue weighted by Crippen LogP contribution is 2.42. The molecule has 3 aromatic rings. The number of nitrogens with zero attached hydrogens (tertiary/aromatic N) is 1. The molecule has 1 unspecified atom stereocenters. The first-order valence-corrected chi connectivity index (χ1v) is 12.7. The maximum Gasteiger partial charge on any atom is 0.328 e. The highest BCUT2D eigenvalue weighted by Gasteiger charge is 2.19. The number of nitrogens with two attached hydrogens (primary N) is 1.